The van der Waals surface area contributed by atoms with Crippen LogP contribution in [0.5, 0.6) is 0 Å². The average molecular weight is 344 g/mol. The zero-order valence-corrected chi connectivity index (χ0v) is 13.7. The van der Waals surface area contributed by atoms with Gasteiger partial charge in [0.1, 0.15) is 0 Å². The number of aliphatic hydroxyl groups excluding tert-OH is 1. The molecule has 0 spiro atoms. The van der Waals surface area contributed by atoms with Gasteiger partial charge in [0.05, 0.1) is 12.0 Å². The lowest BCUT2D eigenvalue weighted by molar-refractivity contribution is -0.161. The van der Waals surface area contributed by atoms with Crippen LogP contribution in [0.15, 0.2) is 30.3 Å². The second kappa shape index (κ2) is 7.98. The Morgan fingerprint density at radius 1 is 1.17 bits per heavy atom. The third-order valence-electron chi connectivity index (χ3n) is 4.22. The van der Waals surface area contributed by atoms with Crippen LogP contribution in [0.2, 0.25) is 0 Å². The minimum Gasteiger partial charge on any atom is -0.392 e. The minimum atomic E-state index is -4.45. The molecule has 1 aromatic rings. The van der Waals surface area contributed by atoms with E-state index >= 15 is 0 Å². The van der Waals surface area contributed by atoms with Crippen molar-refractivity contribution in [1.82, 2.24) is 9.80 Å². The van der Waals surface area contributed by atoms with Gasteiger partial charge < -0.3 is 10.0 Å². The molecule has 0 aromatic heterocycles. The summed E-state index contributed by atoms with van der Waals surface area (Å²) in [4.78, 5) is 15.8. The second-order valence-electron chi connectivity index (χ2n) is 6.24. The van der Waals surface area contributed by atoms with Crippen LogP contribution >= 0.6 is 0 Å². The van der Waals surface area contributed by atoms with Crippen molar-refractivity contribution in [3.63, 3.8) is 0 Å². The topological polar surface area (TPSA) is 43.8 Å². The molecular formula is C17H23F3N2O2. The smallest absolute Gasteiger partial charge is 0.392 e. The standard InChI is InChI=1S/C17H23F3N2O2/c1-13(23)12-21-7-9-22(10-8-21)16(24)11-15(17(18,19)20)14-5-3-2-4-6-14/h2-6,13,15,23H,7-12H2,1H3/t13-,15-/m1/s1. The van der Waals surface area contributed by atoms with Gasteiger partial charge in [-0.2, -0.15) is 13.2 Å². The van der Waals surface area contributed by atoms with E-state index in [1.54, 1.807) is 25.1 Å². The lowest BCUT2D eigenvalue weighted by atomic mass is 9.94. The van der Waals surface area contributed by atoms with Gasteiger partial charge in [-0.3, -0.25) is 9.69 Å². The lowest BCUT2D eigenvalue weighted by Gasteiger charge is -2.36. The van der Waals surface area contributed by atoms with E-state index in [0.29, 0.717) is 32.7 Å². The number of hydrogen-bond donors (Lipinski definition) is 1. The lowest BCUT2D eigenvalue weighted by Crippen LogP contribution is -2.50. The number of β-amino-alcohol motifs (C(OH)–C–C–N with tert-alkyl or cyclic N) is 1. The van der Waals surface area contributed by atoms with Gasteiger partial charge in [0.15, 0.2) is 0 Å². The summed E-state index contributed by atoms with van der Waals surface area (Å²) in [5.41, 5.74) is 0.117. The molecule has 1 heterocycles. The number of aliphatic hydroxyl groups is 1. The highest BCUT2D eigenvalue weighted by molar-refractivity contribution is 5.77. The summed E-state index contributed by atoms with van der Waals surface area (Å²) in [7, 11) is 0. The van der Waals surface area contributed by atoms with Crippen molar-refractivity contribution in [1.29, 1.82) is 0 Å². The summed E-state index contributed by atoms with van der Waals surface area (Å²) in [5.74, 6) is -2.25. The number of carbonyl (C=O) groups is 1. The number of halogens is 3. The van der Waals surface area contributed by atoms with Crippen LogP contribution in [-0.2, 0) is 4.79 Å². The Morgan fingerprint density at radius 3 is 2.25 bits per heavy atom. The van der Waals surface area contributed by atoms with Crippen molar-refractivity contribution >= 4 is 5.91 Å². The molecule has 0 radical (unpaired) electrons. The zero-order chi connectivity index (χ0) is 17.7. The van der Waals surface area contributed by atoms with E-state index < -0.39 is 30.5 Å². The van der Waals surface area contributed by atoms with Gasteiger partial charge in [0.25, 0.3) is 0 Å². The molecule has 0 aliphatic carbocycles. The molecule has 24 heavy (non-hydrogen) atoms. The molecule has 1 aliphatic rings. The van der Waals surface area contributed by atoms with Crippen LogP contribution in [0.25, 0.3) is 0 Å². The fourth-order valence-electron chi connectivity index (χ4n) is 2.97. The molecule has 1 aliphatic heterocycles. The van der Waals surface area contributed by atoms with Crippen LogP contribution in [0.4, 0.5) is 13.2 Å². The van der Waals surface area contributed by atoms with E-state index in [0.717, 1.165) is 0 Å². The third-order valence-corrected chi connectivity index (χ3v) is 4.22. The number of nitrogens with zero attached hydrogens (tertiary/aromatic N) is 2. The second-order valence-corrected chi connectivity index (χ2v) is 6.24. The summed E-state index contributed by atoms with van der Waals surface area (Å²) in [6, 6.07) is 7.57. The molecule has 1 fully saturated rings. The first kappa shape index (κ1) is 18.7. The van der Waals surface area contributed by atoms with Crippen molar-refractivity contribution in [2.24, 2.45) is 0 Å². The molecule has 0 saturated carbocycles. The minimum absolute atomic E-state index is 0.117. The summed E-state index contributed by atoms with van der Waals surface area (Å²) in [5, 5.41) is 9.37. The molecule has 1 saturated heterocycles. The summed E-state index contributed by atoms with van der Waals surface area (Å²) < 4.78 is 40.0. The van der Waals surface area contributed by atoms with Crippen molar-refractivity contribution in [3.8, 4) is 0 Å². The van der Waals surface area contributed by atoms with Crippen LogP contribution in [0.3, 0.4) is 0 Å². The summed E-state index contributed by atoms with van der Waals surface area (Å²) in [6.45, 7) is 4.12. The Balaban J connectivity index is 1.97. The molecule has 1 amide bonds. The molecule has 0 unspecified atom stereocenters. The monoisotopic (exact) mass is 344 g/mol. The first-order chi connectivity index (χ1) is 11.3. The van der Waals surface area contributed by atoms with Gasteiger partial charge in [0, 0.05) is 39.1 Å². The number of hydrogen-bond acceptors (Lipinski definition) is 3. The van der Waals surface area contributed by atoms with Crippen molar-refractivity contribution in [3.05, 3.63) is 35.9 Å². The number of rotatable bonds is 5. The maximum atomic E-state index is 13.3. The van der Waals surface area contributed by atoms with Gasteiger partial charge in [-0.1, -0.05) is 30.3 Å². The number of alkyl halides is 3. The van der Waals surface area contributed by atoms with Gasteiger partial charge in [-0.05, 0) is 12.5 Å². The van der Waals surface area contributed by atoms with E-state index in [2.05, 4.69) is 0 Å². The van der Waals surface area contributed by atoms with Crippen LogP contribution in [-0.4, -0.2) is 65.8 Å². The van der Waals surface area contributed by atoms with Crippen molar-refractivity contribution in [2.75, 3.05) is 32.7 Å². The highest BCUT2D eigenvalue weighted by Gasteiger charge is 2.42. The van der Waals surface area contributed by atoms with Crippen molar-refractivity contribution in [2.45, 2.75) is 31.5 Å². The molecule has 4 nitrogen and oxygen atoms in total. The van der Waals surface area contributed by atoms with E-state index in [9.17, 15) is 23.1 Å². The molecule has 0 bridgehead atoms. The first-order valence-electron chi connectivity index (χ1n) is 8.07. The number of amides is 1. The Hall–Kier alpha value is -1.60. The number of benzene rings is 1. The third kappa shape index (κ3) is 5.21. The maximum absolute atomic E-state index is 13.3. The van der Waals surface area contributed by atoms with E-state index in [-0.39, 0.29) is 5.56 Å². The maximum Gasteiger partial charge on any atom is 0.396 e. The number of piperazine rings is 1. The highest BCUT2D eigenvalue weighted by Crippen LogP contribution is 2.37. The van der Waals surface area contributed by atoms with Crippen LogP contribution < -0.4 is 0 Å². The highest BCUT2D eigenvalue weighted by atomic mass is 19.4. The first-order valence-corrected chi connectivity index (χ1v) is 8.07. The normalized spacial score (nSPS) is 19.1. The summed E-state index contributed by atoms with van der Waals surface area (Å²) >= 11 is 0. The van der Waals surface area contributed by atoms with Gasteiger partial charge in [-0.25, -0.2) is 0 Å². The Labute approximate surface area is 139 Å². The van der Waals surface area contributed by atoms with Crippen LogP contribution in [0.1, 0.15) is 24.8 Å². The van der Waals surface area contributed by atoms with Gasteiger partial charge in [-0.15, -0.1) is 0 Å². The molecule has 1 N–H and O–H groups in total. The predicted molar refractivity (Wildman–Crippen MR) is 84.6 cm³/mol. The van der Waals surface area contributed by atoms with E-state index in [1.807, 2.05) is 4.90 Å². The quantitative estimate of drug-likeness (QED) is 0.891. The van der Waals surface area contributed by atoms with Crippen LogP contribution in [0, 0.1) is 0 Å². The fraction of sp³-hybridized carbons (Fsp3) is 0.588. The van der Waals surface area contributed by atoms with E-state index in [1.165, 1.54) is 17.0 Å². The van der Waals surface area contributed by atoms with Crippen molar-refractivity contribution < 1.29 is 23.1 Å². The Morgan fingerprint density at radius 2 is 1.75 bits per heavy atom. The van der Waals surface area contributed by atoms with E-state index in [4.69, 9.17) is 0 Å². The SMILES string of the molecule is C[C@@H](O)CN1CCN(C(=O)C[C@H](c2ccccc2)C(F)(F)F)CC1. The van der Waals surface area contributed by atoms with Gasteiger partial charge in [0.2, 0.25) is 5.91 Å². The molecule has 2 atom stereocenters. The average Bonchev–Trinajstić information content (AvgIpc) is 2.52. The molecular weight excluding hydrogens is 321 g/mol. The number of carbonyl (C=O) groups excluding carboxylic acids is 1. The zero-order valence-electron chi connectivity index (χ0n) is 13.7. The Bertz CT molecular complexity index is 526. The molecule has 134 valence electrons. The fourth-order valence-corrected chi connectivity index (χ4v) is 2.97. The Kier molecular flexibility index (Phi) is 6.23. The van der Waals surface area contributed by atoms with Gasteiger partial charge >= 0.3 is 6.18 Å². The molecule has 1 aromatic carbocycles. The molecule has 7 heteroatoms. The largest absolute Gasteiger partial charge is 0.396 e. The molecule has 2 rings (SSSR count). The predicted octanol–water partition coefficient (Wildman–Crippen LogP) is 2.25. The summed E-state index contributed by atoms with van der Waals surface area (Å²) in [6.07, 6.45) is -5.48.